The molecule has 0 amide bonds. The summed E-state index contributed by atoms with van der Waals surface area (Å²) in [7, 11) is 0. The normalized spacial score (nSPS) is 14.3. The van der Waals surface area contributed by atoms with Crippen LogP contribution in [0.2, 0.25) is 0 Å². The van der Waals surface area contributed by atoms with Crippen LogP contribution in [0.15, 0.2) is 182 Å². The van der Waals surface area contributed by atoms with E-state index in [1.165, 1.54) is 42.0 Å². The van der Waals surface area contributed by atoms with Crippen molar-refractivity contribution in [1.29, 1.82) is 0 Å². The largest absolute Gasteiger partial charge is 0.289 e. The Labute approximate surface area is 347 Å². The summed E-state index contributed by atoms with van der Waals surface area (Å²) in [5.41, 5.74) is 11.4. The third-order valence-electron chi connectivity index (χ3n) is 11.2. The van der Waals surface area contributed by atoms with E-state index in [0.29, 0.717) is 61.3 Å². The van der Waals surface area contributed by atoms with E-state index in [1.807, 2.05) is 97.1 Å². The molecule has 0 atom stereocenters. The Balaban J connectivity index is 1.28. The average Bonchev–Trinajstić information content (AvgIpc) is 3.76. The van der Waals surface area contributed by atoms with Crippen molar-refractivity contribution >= 4 is 56.2 Å². The zero-order valence-electron chi connectivity index (χ0n) is 32.7. The van der Waals surface area contributed by atoms with Crippen LogP contribution in [0.25, 0.3) is 44.6 Å². The van der Waals surface area contributed by atoms with Gasteiger partial charge < -0.3 is 0 Å². The van der Waals surface area contributed by atoms with Crippen molar-refractivity contribution in [2.45, 2.75) is 19.8 Å². The predicted molar refractivity (Wildman–Crippen MR) is 236 cm³/mol. The molecule has 60 heavy (non-hydrogen) atoms. The highest BCUT2D eigenvalue weighted by Gasteiger charge is 2.38. The Morgan fingerprint density at radius 3 is 0.817 bits per heavy atom. The Bertz CT molecular complexity index is 2900. The first kappa shape index (κ1) is 38.2. The standard InChI is InChI=1S/C55H37F3O2/c1-2-9-34-14-16-39(17-15-34)50-46(35-10-5-3-6-11-35)48(52(54(50)59)41-24-30-44(57)31-25-41)37-18-20-38(21-19-37)49-47(36-12-7-4-8-13-36)51(40-22-28-43(56)29-23-40)55(60)53(49)42-26-32-45(58)33-27-42/h3-8,10-33H,2,9H2,1H3. The van der Waals surface area contributed by atoms with Gasteiger partial charge in [0.15, 0.2) is 11.6 Å². The minimum Gasteiger partial charge on any atom is -0.289 e. The number of ketones is 2. The van der Waals surface area contributed by atoms with Gasteiger partial charge in [0.2, 0.25) is 0 Å². The van der Waals surface area contributed by atoms with Crippen molar-refractivity contribution in [2.75, 3.05) is 0 Å². The first-order valence-electron chi connectivity index (χ1n) is 20.0. The van der Waals surface area contributed by atoms with Crippen LogP contribution in [0.1, 0.15) is 63.4 Å². The van der Waals surface area contributed by atoms with Crippen LogP contribution in [0.4, 0.5) is 13.2 Å². The lowest BCUT2D eigenvalue weighted by atomic mass is 9.86. The molecule has 2 aliphatic rings. The fraction of sp³-hybridized carbons (Fsp3) is 0.0545. The van der Waals surface area contributed by atoms with Gasteiger partial charge in [-0.1, -0.05) is 159 Å². The summed E-state index contributed by atoms with van der Waals surface area (Å²) >= 11 is 0. The van der Waals surface area contributed by atoms with E-state index < -0.39 is 17.5 Å². The molecule has 0 saturated heterocycles. The van der Waals surface area contributed by atoms with Crippen molar-refractivity contribution in [3.63, 3.8) is 0 Å². The molecule has 0 bridgehead atoms. The predicted octanol–water partition coefficient (Wildman–Crippen LogP) is 13.3. The quantitative estimate of drug-likeness (QED) is 0.138. The van der Waals surface area contributed by atoms with Gasteiger partial charge in [-0.2, -0.15) is 0 Å². The van der Waals surface area contributed by atoms with Gasteiger partial charge in [-0.05, 0) is 92.9 Å². The Kier molecular flexibility index (Phi) is 10.2. The van der Waals surface area contributed by atoms with Crippen molar-refractivity contribution in [2.24, 2.45) is 0 Å². The molecule has 0 spiro atoms. The number of hydrogen-bond donors (Lipinski definition) is 0. The van der Waals surface area contributed by atoms with Gasteiger partial charge in [0.05, 0.1) is 0 Å². The number of benzene rings is 7. The number of Topliss-reactive ketones (excluding diaryl/α,β-unsaturated/α-hetero) is 2. The smallest absolute Gasteiger partial charge is 0.195 e. The van der Waals surface area contributed by atoms with E-state index in [0.717, 1.165) is 40.7 Å². The first-order valence-corrected chi connectivity index (χ1v) is 20.0. The molecule has 0 aliphatic heterocycles. The summed E-state index contributed by atoms with van der Waals surface area (Å²) in [6, 6.07) is 53.1. The van der Waals surface area contributed by atoms with Gasteiger partial charge in [0.1, 0.15) is 17.5 Å². The third kappa shape index (κ3) is 6.98. The second-order valence-corrected chi connectivity index (χ2v) is 14.9. The minimum atomic E-state index is -0.430. The SMILES string of the molecule is CCCc1ccc(C2=C(c3ccccc3)C(c3ccc(C4=C(c5ccc(F)cc5)C(=O)C(c5ccc(F)cc5)=C4c4ccccc4)cc3)=C(c3ccc(F)cc3)C2=O)cc1. The van der Waals surface area contributed by atoms with Crippen LogP contribution in [0.3, 0.4) is 0 Å². The van der Waals surface area contributed by atoms with Gasteiger partial charge in [-0.25, -0.2) is 13.2 Å². The van der Waals surface area contributed by atoms with Crippen molar-refractivity contribution in [3.05, 3.63) is 250 Å². The lowest BCUT2D eigenvalue weighted by Gasteiger charge is -2.16. The fourth-order valence-electron chi connectivity index (χ4n) is 8.45. The minimum absolute atomic E-state index is 0.163. The molecular weight excluding hydrogens is 750 g/mol. The van der Waals surface area contributed by atoms with Gasteiger partial charge in [-0.15, -0.1) is 0 Å². The van der Waals surface area contributed by atoms with Crippen molar-refractivity contribution in [3.8, 4) is 0 Å². The Morgan fingerprint density at radius 2 is 0.533 bits per heavy atom. The third-order valence-corrected chi connectivity index (χ3v) is 11.2. The van der Waals surface area contributed by atoms with Crippen molar-refractivity contribution < 1.29 is 22.8 Å². The molecule has 0 unspecified atom stereocenters. The topological polar surface area (TPSA) is 34.1 Å². The Morgan fingerprint density at radius 1 is 0.300 bits per heavy atom. The molecule has 9 rings (SSSR count). The first-order chi connectivity index (χ1) is 29.3. The van der Waals surface area contributed by atoms with E-state index in [1.54, 1.807) is 36.4 Å². The number of rotatable bonds is 10. The highest BCUT2D eigenvalue weighted by Crippen LogP contribution is 2.52. The van der Waals surface area contributed by atoms with Gasteiger partial charge in [-0.3, -0.25) is 9.59 Å². The van der Waals surface area contributed by atoms with Crippen molar-refractivity contribution in [1.82, 2.24) is 0 Å². The van der Waals surface area contributed by atoms with Crippen LogP contribution >= 0.6 is 0 Å². The molecule has 7 aromatic carbocycles. The zero-order chi connectivity index (χ0) is 41.3. The Hall–Kier alpha value is -7.37. The monoisotopic (exact) mass is 786 g/mol. The molecule has 7 aromatic rings. The lowest BCUT2D eigenvalue weighted by Crippen LogP contribution is -2.02. The molecule has 0 N–H and O–H groups in total. The maximum atomic E-state index is 15.0. The lowest BCUT2D eigenvalue weighted by molar-refractivity contribution is -0.109. The molecule has 0 radical (unpaired) electrons. The molecular formula is C55H37F3O2. The van der Waals surface area contributed by atoms with Crippen LogP contribution < -0.4 is 0 Å². The molecule has 290 valence electrons. The van der Waals surface area contributed by atoms with Gasteiger partial charge in [0.25, 0.3) is 0 Å². The molecule has 0 aromatic heterocycles. The van der Waals surface area contributed by atoms with Gasteiger partial charge >= 0.3 is 0 Å². The molecule has 0 saturated carbocycles. The number of halogens is 3. The zero-order valence-corrected chi connectivity index (χ0v) is 32.7. The highest BCUT2D eigenvalue weighted by atomic mass is 19.1. The van der Waals surface area contributed by atoms with Crippen LogP contribution in [-0.4, -0.2) is 11.6 Å². The molecule has 5 heteroatoms. The van der Waals surface area contributed by atoms with Crippen LogP contribution in [-0.2, 0) is 16.0 Å². The molecule has 2 nitrogen and oxygen atoms in total. The summed E-state index contributed by atoms with van der Waals surface area (Å²) in [5, 5.41) is 0. The fourth-order valence-corrected chi connectivity index (χ4v) is 8.45. The summed E-state index contributed by atoms with van der Waals surface area (Å²) in [5.74, 6) is -1.69. The number of allylic oxidation sites excluding steroid dienone is 8. The van der Waals surface area contributed by atoms with E-state index in [2.05, 4.69) is 19.1 Å². The number of hydrogen-bond acceptors (Lipinski definition) is 2. The summed E-state index contributed by atoms with van der Waals surface area (Å²) in [6.07, 6.45) is 1.92. The second kappa shape index (κ2) is 16.1. The van der Waals surface area contributed by atoms with E-state index in [4.69, 9.17) is 0 Å². The van der Waals surface area contributed by atoms with Gasteiger partial charge in [0, 0.05) is 44.6 Å². The highest BCUT2D eigenvalue weighted by molar-refractivity contribution is 6.60. The maximum Gasteiger partial charge on any atom is 0.195 e. The molecule has 0 fully saturated rings. The molecule has 2 aliphatic carbocycles. The van der Waals surface area contributed by atoms with E-state index in [9.17, 15) is 22.8 Å². The average molecular weight is 787 g/mol. The second-order valence-electron chi connectivity index (χ2n) is 14.9. The van der Waals surface area contributed by atoms with E-state index in [-0.39, 0.29) is 11.6 Å². The maximum absolute atomic E-state index is 15.0. The van der Waals surface area contributed by atoms with E-state index >= 15 is 0 Å². The van der Waals surface area contributed by atoms with Crippen LogP contribution in [0.5, 0.6) is 0 Å². The van der Waals surface area contributed by atoms with Crippen LogP contribution in [0, 0.1) is 17.5 Å². The number of aryl methyl sites for hydroxylation is 1. The summed E-state index contributed by atoms with van der Waals surface area (Å²) in [4.78, 5) is 29.8. The molecule has 0 heterocycles. The number of carbonyl (C=O) groups excluding carboxylic acids is 2. The summed E-state index contributed by atoms with van der Waals surface area (Å²) in [6.45, 7) is 2.13. The summed E-state index contributed by atoms with van der Waals surface area (Å²) < 4.78 is 43.0. The number of carbonyl (C=O) groups is 2.